The zero-order chi connectivity index (χ0) is 11.0. The molecule has 0 saturated heterocycles. The lowest BCUT2D eigenvalue weighted by Crippen LogP contribution is -2.24. The van der Waals surface area contributed by atoms with Gasteiger partial charge in [0.1, 0.15) is 0 Å². The molecule has 0 heterocycles. The first kappa shape index (κ1) is 13.9. The van der Waals surface area contributed by atoms with Gasteiger partial charge in [-0.05, 0) is 27.2 Å². The molecule has 0 aromatic rings. The summed E-state index contributed by atoms with van der Waals surface area (Å²) in [6.45, 7) is 13.1. The van der Waals surface area contributed by atoms with E-state index in [4.69, 9.17) is 9.47 Å². The average Bonchev–Trinajstić information content (AvgIpc) is 2.08. The summed E-state index contributed by atoms with van der Waals surface area (Å²) >= 11 is 0. The fraction of sp³-hybridized carbons (Fsp3) is 1.00. The highest BCUT2D eigenvalue weighted by Gasteiger charge is 2.12. The van der Waals surface area contributed by atoms with E-state index in [1.807, 2.05) is 0 Å². The minimum atomic E-state index is -0.0301. The molecule has 0 aromatic heterocycles. The second-order valence-electron chi connectivity index (χ2n) is 4.96. The van der Waals surface area contributed by atoms with Gasteiger partial charge in [0.05, 0.1) is 18.8 Å². The lowest BCUT2D eigenvalue weighted by atomic mass is 10.1. The van der Waals surface area contributed by atoms with Crippen molar-refractivity contribution >= 4 is 0 Å². The molecule has 2 nitrogen and oxygen atoms in total. The molecule has 0 rings (SSSR count). The van der Waals surface area contributed by atoms with Crippen molar-refractivity contribution < 1.29 is 9.47 Å². The van der Waals surface area contributed by atoms with Crippen LogP contribution in [0.5, 0.6) is 0 Å². The van der Waals surface area contributed by atoms with Crippen LogP contribution in [0.15, 0.2) is 0 Å². The SMILES string of the molecule is CCCCOC[C@@H](C)COC(C)(C)C. The Hall–Kier alpha value is -0.0800. The molecule has 0 unspecified atom stereocenters. The van der Waals surface area contributed by atoms with E-state index < -0.39 is 0 Å². The van der Waals surface area contributed by atoms with Crippen LogP contribution in [0.25, 0.3) is 0 Å². The van der Waals surface area contributed by atoms with Crippen LogP contribution in [-0.4, -0.2) is 25.4 Å². The first-order chi connectivity index (χ1) is 6.45. The van der Waals surface area contributed by atoms with Crippen molar-refractivity contribution in [2.24, 2.45) is 5.92 Å². The van der Waals surface area contributed by atoms with Gasteiger partial charge >= 0.3 is 0 Å². The minimum absolute atomic E-state index is 0.0301. The Labute approximate surface area is 89.0 Å². The van der Waals surface area contributed by atoms with E-state index in [1.165, 1.54) is 6.42 Å². The fourth-order valence-electron chi connectivity index (χ4n) is 0.971. The largest absolute Gasteiger partial charge is 0.381 e. The quantitative estimate of drug-likeness (QED) is 0.590. The second-order valence-corrected chi connectivity index (χ2v) is 4.96. The van der Waals surface area contributed by atoms with Crippen LogP contribution in [0.1, 0.15) is 47.5 Å². The van der Waals surface area contributed by atoms with Crippen molar-refractivity contribution in [3.05, 3.63) is 0 Å². The summed E-state index contributed by atoms with van der Waals surface area (Å²) in [5.41, 5.74) is -0.0301. The van der Waals surface area contributed by atoms with Crippen LogP contribution in [0.2, 0.25) is 0 Å². The number of unbranched alkanes of at least 4 members (excludes halogenated alkanes) is 1. The number of ether oxygens (including phenoxy) is 2. The molecule has 0 bridgehead atoms. The summed E-state index contributed by atoms with van der Waals surface area (Å²) < 4.78 is 11.2. The predicted octanol–water partition coefficient (Wildman–Crippen LogP) is 3.25. The smallest absolute Gasteiger partial charge is 0.0598 e. The van der Waals surface area contributed by atoms with Crippen molar-refractivity contribution in [1.29, 1.82) is 0 Å². The topological polar surface area (TPSA) is 18.5 Å². The zero-order valence-corrected chi connectivity index (χ0v) is 10.4. The number of hydrogen-bond acceptors (Lipinski definition) is 2. The Morgan fingerprint density at radius 3 is 2.29 bits per heavy atom. The summed E-state index contributed by atoms with van der Waals surface area (Å²) in [7, 11) is 0. The van der Waals surface area contributed by atoms with Crippen LogP contribution in [0.4, 0.5) is 0 Å². The maximum Gasteiger partial charge on any atom is 0.0598 e. The van der Waals surface area contributed by atoms with Crippen LogP contribution in [0.3, 0.4) is 0 Å². The van der Waals surface area contributed by atoms with Gasteiger partial charge < -0.3 is 9.47 Å². The highest BCUT2D eigenvalue weighted by molar-refractivity contribution is 4.60. The molecule has 86 valence electrons. The molecule has 0 aliphatic carbocycles. The van der Waals surface area contributed by atoms with Gasteiger partial charge in [0, 0.05) is 12.5 Å². The van der Waals surface area contributed by atoms with Gasteiger partial charge in [-0.2, -0.15) is 0 Å². The molecule has 0 aliphatic heterocycles. The van der Waals surface area contributed by atoms with Gasteiger partial charge in [-0.25, -0.2) is 0 Å². The molecule has 0 fully saturated rings. The Kier molecular flexibility index (Phi) is 7.20. The number of rotatable bonds is 7. The normalized spacial score (nSPS) is 14.4. The molecule has 0 aromatic carbocycles. The van der Waals surface area contributed by atoms with Gasteiger partial charge in [-0.1, -0.05) is 20.3 Å². The zero-order valence-electron chi connectivity index (χ0n) is 10.4. The standard InChI is InChI=1S/C12H26O2/c1-6-7-8-13-9-11(2)10-14-12(3,4)5/h11H,6-10H2,1-5H3/t11-/m1/s1. The van der Waals surface area contributed by atoms with E-state index in [2.05, 4.69) is 34.6 Å². The Bertz CT molecular complexity index is 127. The molecule has 0 spiro atoms. The van der Waals surface area contributed by atoms with Crippen LogP contribution in [-0.2, 0) is 9.47 Å². The van der Waals surface area contributed by atoms with E-state index >= 15 is 0 Å². The Morgan fingerprint density at radius 2 is 1.79 bits per heavy atom. The lowest BCUT2D eigenvalue weighted by molar-refractivity contribution is -0.0353. The van der Waals surface area contributed by atoms with E-state index in [0.29, 0.717) is 5.92 Å². The maximum absolute atomic E-state index is 5.67. The molecule has 0 aliphatic rings. The third kappa shape index (κ3) is 10.0. The van der Waals surface area contributed by atoms with Gasteiger partial charge in [-0.15, -0.1) is 0 Å². The molecule has 0 saturated carbocycles. The van der Waals surface area contributed by atoms with Crippen molar-refractivity contribution in [2.75, 3.05) is 19.8 Å². The third-order valence-corrected chi connectivity index (χ3v) is 1.85. The average molecular weight is 202 g/mol. The summed E-state index contributed by atoms with van der Waals surface area (Å²) in [6.07, 6.45) is 2.36. The molecule has 14 heavy (non-hydrogen) atoms. The van der Waals surface area contributed by atoms with E-state index in [0.717, 1.165) is 26.2 Å². The van der Waals surface area contributed by atoms with Crippen LogP contribution < -0.4 is 0 Å². The first-order valence-electron chi connectivity index (χ1n) is 5.67. The predicted molar refractivity (Wildman–Crippen MR) is 60.6 cm³/mol. The molecule has 0 amide bonds. The van der Waals surface area contributed by atoms with Crippen molar-refractivity contribution in [3.8, 4) is 0 Å². The van der Waals surface area contributed by atoms with Crippen LogP contribution in [0, 0.1) is 5.92 Å². The molecule has 1 atom stereocenters. The fourth-order valence-corrected chi connectivity index (χ4v) is 0.971. The molecular weight excluding hydrogens is 176 g/mol. The van der Waals surface area contributed by atoms with Crippen LogP contribution >= 0.6 is 0 Å². The monoisotopic (exact) mass is 202 g/mol. The minimum Gasteiger partial charge on any atom is -0.381 e. The second kappa shape index (κ2) is 7.24. The maximum atomic E-state index is 5.67. The van der Waals surface area contributed by atoms with Gasteiger partial charge in [0.25, 0.3) is 0 Å². The first-order valence-corrected chi connectivity index (χ1v) is 5.67. The Balaban J connectivity index is 3.32. The van der Waals surface area contributed by atoms with Gasteiger partial charge in [0.15, 0.2) is 0 Å². The van der Waals surface area contributed by atoms with E-state index in [9.17, 15) is 0 Å². The molecule has 2 heteroatoms. The third-order valence-electron chi connectivity index (χ3n) is 1.85. The molecule has 0 radical (unpaired) electrons. The molecule has 0 N–H and O–H groups in total. The van der Waals surface area contributed by atoms with Gasteiger partial charge in [-0.3, -0.25) is 0 Å². The Morgan fingerprint density at radius 1 is 1.14 bits per heavy atom. The summed E-state index contributed by atoms with van der Waals surface area (Å²) in [6, 6.07) is 0. The van der Waals surface area contributed by atoms with Gasteiger partial charge in [0.2, 0.25) is 0 Å². The van der Waals surface area contributed by atoms with Crippen molar-refractivity contribution in [1.82, 2.24) is 0 Å². The summed E-state index contributed by atoms with van der Waals surface area (Å²) in [5.74, 6) is 0.492. The lowest BCUT2D eigenvalue weighted by Gasteiger charge is -2.22. The van der Waals surface area contributed by atoms with Crippen molar-refractivity contribution in [3.63, 3.8) is 0 Å². The van der Waals surface area contributed by atoms with E-state index in [1.54, 1.807) is 0 Å². The number of hydrogen-bond donors (Lipinski definition) is 0. The highest BCUT2D eigenvalue weighted by atomic mass is 16.5. The summed E-state index contributed by atoms with van der Waals surface area (Å²) in [4.78, 5) is 0. The molecular formula is C12H26O2. The van der Waals surface area contributed by atoms with Crippen molar-refractivity contribution in [2.45, 2.75) is 53.1 Å². The van der Waals surface area contributed by atoms with E-state index in [-0.39, 0.29) is 5.60 Å². The highest BCUT2D eigenvalue weighted by Crippen LogP contribution is 2.09. The summed E-state index contributed by atoms with van der Waals surface area (Å²) in [5, 5.41) is 0.